The highest BCUT2D eigenvalue weighted by Gasteiger charge is 2.42. The fraction of sp³-hybridized carbons (Fsp3) is 0.455. The Kier molecular flexibility index (Phi) is 2.21. The Morgan fingerprint density at radius 3 is 2.87 bits per heavy atom. The number of halogens is 1. The van der Waals surface area contributed by atoms with Gasteiger partial charge in [0.1, 0.15) is 5.82 Å². The van der Waals surface area contributed by atoms with E-state index in [1.807, 2.05) is 13.8 Å². The first-order chi connectivity index (χ1) is 7.02. The van der Waals surface area contributed by atoms with Crippen molar-refractivity contribution in [2.24, 2.45) is 0 Å². The number of nitrogens with one attached hydrogen (secondary N) is 1. The molecule has 3 nitrogen and oxygen atoms in total. The van der Waals surface area contributed by atoms with Crippen LogP contribution in [0.3, 0.4) is 0 Å². The topological polar surface area (TPSA) is 42.0 Å². The second-order valence-corrected chi connectivity index (χ2v) is 4.28. The van der Waals surface area contributed by atoms with Crippen LogP contribution in [0.15, 0.2) is 18.5 Å². The van der Waals surface area contributed by atoms with Gasteiger partial charge in [-0.15, -0.1) is 0 Å². The molecule has 80 valence electrons. The van der Waals surface area contributed by atoms with Gasteiger partial charge in [0.25, 0.3) is 0 Å². The summed E-state index contributed by atoms with van der Waals surface area (Å²) in [6.45, 7) is 3.88. The molecule has 0 spiro atoms. The van der Waals surface area contributed by atoms with E-state index in [0.717, 1.165) is 5.56 Å². The maximum Gasteiger partial charge on any atom is 0.221 e. The Hall–Kier alpha value is -1.45. The Morgan fingerprint density at radius 1 is 1.60 bits per heavy atom. The third-order valence-corrected chi connectivity index (χ3v) is 3.23. The molecular formula is C11H13FN2O. The minimum Gasteiger partial charge on any atom is -0.353 e. The molecule has 2 heterocycles. The summed E-state index contributed by atoms with van der Waals surface area (Å²) in [5.41, 5.74) is 0.417. The number of amides is 1. The zero-order valence-corrected chi connectivity index (χ0v) is 8.75. The lowest BCUT2D eigenvalue weighted by atomic mass is 9.77. The fourth-order valence-corrected chi connectivity index (χ4v) is 2.01. The van der Waals surface area contributed by atoms with E-state index >= 15 is 0 Å². The molecular weight excluding hydrogens is 195 g/mol. The predicted octanol–water partition coefficient (Wildman–Crippen LogP) is 1.39. The van der Waals surface area contributed by atoms with E-state index in [1.54, 1.807) is 6.20 Å². The van der Waals surface area contributed by atoms with Crippen LogP contribution in [0.4, 0.5) is 4.39 Å². The van der Waals surface area contributed by atoms with E-state index in [0.29, 0.717) is 6.42 Å². The molecule has 1 aromatic heterocycles. The fourth-order valence-electron chi connectivity index (χ4n) is 2.01. The van der Waals surface area contributed by atoms with Gasteiger partial charge in [-0.05, 0) is 18.6 Å². The summed E-state index contributed by atoms with van der Waals surface area (Å²) in [5, 5.41) is 2.84. The smallest absolute Gasteiger partial charge is 0.221 e. The Morgan fingerprint density at radius 2 is 2.33 bits per heavy atom. The number of hydrogen-bond acceptors (Lipinski definition) is 2. The molecule has 0 bridgehead atoms. The lowest BCUT2D eigenvalue weighted by Gasteiger charge is -2.27. The van der Waals surface area contributed by atoms with Crippen LogP contribution in [0.1, 0.15) is 25.8 Å². The Bertz CT molecular complexity index is 407. The number of pyridine rings is 1. The van der Waals surface area contributed by atoms with Gasteiger partial charge in [0.15, 0.2) is 0 Å². The van der Waals surface area contributed by atoms with Crippen LogP contribution in [-0.2, 0) is 10.2 Å². The third kappa shape index (κ3) is 1.60. The molecule has 1 saturated heterocycles. The van der Waals surface area contributed by atoms with Crippen molar-refractivity contribution in [1.82, 2.24) is 10.3 Å². The molecule has 1 aliphatic heterocycles. The minimum absolute atomic E-state index is 0.00796. The van der Waals surface area contributed by atoms with Gasteiger partial charge in [0.05, 0.1) is 6.20 Å². The first kappa shape index (κ1) is 10.1. The quantitative estimate of drug-likeness (QED) is 0.757. The Labute approximate surface area is 87.7 Å². The van der Waals surface area contributed by atoms with Gasteiger partial charge in [-0.25, -0.2) is 4.39 Å². The molecule has 0 aromatic carbocycles. The van der Waals surface area contributed by atoms with Crippen LogP contribution in [0.5, 0.6) is 0 Å². The monoisotopic (exact) mass is 208 g/mol. The molecule has 1 fully saturated rings. The summed E-state index contributed by atoms with van der Waals surface area (Å²) >= 11 is 0. The van der Waals surface area contributed by atoms with Gasteiger partial charge < -0.3 is 5.32 Å². The summed E-state index contributed by atoms with van der Waals surface area (Å²) in [6.07, 6.45) is 3.18. The molecule has 2 atom stereocenters. The van der Waals surface area contributed by atoms with Crippen LogP contribution in [-0.4, -0.2) is 16.9 Å². The van der Waals surface area contributed by atoms with Crippen molar-refractivity contribution < 1.29 is 9.18 Å². The van der Waals surface area contributed by atoms with Crippen molar-refractivity contribution in [3.05, 3.63) is 29.8 Å². The molecule has 2 unspecified atom stereocenters. The third-order valence-electron chi connectivity index (χ3n) is 3.23. The van der Waals surface area contributed by atoms with Gasteiger partial charge in [-0.3, -0.25) is 9.78 Å². The van der Waals surface area contributed by atoms with Crippen LogP contribution in [0, 0.1) is 5.82 Å². The highest BCUT2D eigenvalue weighted by atomic mass is 19.1. The van der Waals surface area contributed by atoms with Crippen LogP contribution in [0.2, 0.25) is 0 Å². The van der Waals surface area contributed by atoms with Crippen molar-refractivity contribution in [3.63, 3.8) is 0 Å². The minimum atomic E-state index is -0.361. The molecule has 1 aromatic rings. The summed E-state index contributed by atoms with van der Waals surface area (Å²) in [5.74, 6) is -0.352. The van der Waals surface area contributed by atoms with E-state index in [1.165, 1.54) is 12.3 Å². The van der Waals surface area contributed by atoms with E-state index in [-0.39, 0.29) is 23.2 Å². The lowest BCUT2D eigenvalue weighted by Crippen LogP contribution is -2.35. The van der Waals surface area contributed by atoms with Gasteiger partial charge in [0.2, 0.25) is 5.91 Å². The SMILES string of the molecule is CC1NC(=O)CC1(C)c1cncc(F)c1. The number of carbonyl (C=O) groups excluding carboxylic acids is 1. The molecule has 1 amide bonds. The van der Waals surface area contributed by atoms with Gasteiger partial charge in [-0.2, -0.15) is 0 Å². The molecule has 0 saturated carbocycles. The average Bonchev–Trinajstić information content (AvgIpc) is 2.42. The maximum absolute atomic E-state index is 13.0. The standard InChI is InChI=1S/C11H13FN2O/c1-7-11(2,4-10(15)14-7)8-3-9(12)6-13-5-8/h3,5-7H,4H2,1-2H3,(H,14,15). The molecule has 1 N–H and O–H groups in total. The van der Waals surface area contributed by atoms with Crippen molar-refractivity contribution >= 4 is 5.91 Å². The van der Waals surface area contributed by atoms with Crippen molar-refractivity contribution in [2.75, 3.05) is 0 Å². The van der Waals surface area contributed by atoms with Crippen molar-refractivity contribution in [3.8, 4) is 0 Å². The molecule has 0 aliphatic carbocycles. The van der Waals surface area contributed by atoms with Crippen LogP contribution >= 0.6 is 0 Å². The molecule has 1 aliphatic rings. The Balaban J connectivity index is 2.41. The summed E-state index contributed by atoms with van der Waals surface area (Å²) < 4.78 is 13.0. The number of aromatic nitrogens is 1. The predicted molar refractivity (Wildman–Crippen MR) is 53.8 cm³/mol. The average molecular weight is 208 g/mol. The first-order valence-electron chi connectivity index (χ1n) is 4.93. The summed E-state index contributed by atoms with van der Waals surface area (Å²) in [6, 6.07) is 1.46. The second kappa shape index (κ2) is 3.29. The molecule has 4 heteroatoms. The summed E-state index contributed by atoms with van der Waals surface area (Å²) in [4.78, 5) is 15.1. The zero-order chi connectivity index (χ0) is 11.1. The highest BCUT2D eigenvalue weighted by molar-refractivity contribution is 5.81. The number of hydrogen-bond donors (Lipinski definition) is 1. The summed E-state index contributed by atoms with van der Waals surface area (Å²) in [7, 11) is 0. The molecule has 0 radical (unpaired) electrons. The van der Waals surface area contributed by atoms with Crippen LogP contribution < -0.4 is 5.32 Å². The van der Waals surface area contributed by atoms with E-state index in [4.69, 9.17) is 0 Å². The highest BCUT2D eigenvalue weighted by Crippen LogP contribution is 2.35. The van der Waals surface area contributed by atoms with E-state index in [2.05, 4.69) is 10.3 Å². The zero-order valence-electron chi connectivity index (χ0n) is 8.75. The lowest BCUT2D eigenvalue weighted by molar-refractivity contribution is -0.119. The number of carbonyl (C=O) groups is 1. The largest absolute Gasteiger partial charge is 0.353 e. The maximum atomic E-state index is 13.0. The number of nitrogens with zero attached hydrogens (tertiary/aromatic N) is 1. The number of rotatable bonds is 1. The second-order valence-electron chi connectivity index (χ2n) is 4.28. The first-order valence-corrected chi connectivity index (χ1v) is 4.93. The van der Waals surface area contributed by atoms with Crippen molar-refractivity contribution in [2.45, 2.75) is 31.7 Å². The van der Waals surface area contributed by atoms with Crippen LogP contribution in [0.25, 0.3) is 0 Å². The molecule has 15 heavy (non-hydrogen) atoms. The van der Waals surface area contributed by atoms with Gasteiger partial charge >= 0.3 is 0 Å². The van der Waals surface area contributed by atoms with Gasteiger partial charge in [0, 0.05) is 24.1 Å². The van der Waals surface area contributed by atoms with E-state index in [9.17, 15) is 9.18 Å². The van der Waals surface area contributed by atoms with Gasteiger partial charge in [-0.1, -0.05) is 6.92 Å². The normalized spacial score (nSPS) is 30.3. The van der Waals surface area contributed by atoms with E-state index < -0.39 is 0 Å². The molecule has 2 rings (SSSR count). The van der Waals surface area contributed by atoms with Crippen molar-refractivity contribution in [1.29, 1.82) is 0 Å².